The maximum Gasteiger partial charge on any atom is 0.0223 e. The molecule has 0 spiro atoms. The summed E-state index contributed by atoms with van der Waals surface area (Å²) < 4.78 is 0. The summed E-state index contributed by atoms with van der Waals surface area (Å²) in [5, 5.41) is 0. The molecule has 0 aromatic heterocycles. The Labute approximate surface area is 149 Å². The van der Waals surface area contributed by atoms with Crippen LogP contribution < -0.4 is 0 Å². The van der Waals surface area contributed by atoms with Crippen molar-refractivity contribution in [1.29, 1.82) is 0 Å². The van der Waals surface area contributed by atoms with Gasteiger partial charge >= 0.3 is 0 Å². The van der Waals surface area contributed by atoms with Crippen LogP contribution in [-0.4, -0.2) is 11.8 Å². The lowest BCUT2D eigenvalue weighted by Gasteiger charge is -2.02. The predicted octanol–water partition coefficient (Wildman–Crippen LogP) is 7.77. The standard InChI is InChI=1S/C16H32Cl2.2ClH/c17-15-13-11-9-7-5-3-1-2-4-6-8-10-12-14-16-18;;/h1-16H2;2*1H. The third-order valence-corrected chi connectivity index (χ3v) is 4.05. The van der Waals surface area contributed by atoms with Gasteiger partial charge in [0.05, 0.1) is 0 Å². The van der Waals surface area contributed by atoms with Gasteiger partial charge in [0.15, 0.2) is 0 Å². The number of unbranched alkanes of at least 4 members (excludes halogenated alkanes) is 13. The molecule has 20 heavy (non-hydrogen) atoms. The van der Waals surface area contributed by atoms with Gasteiger partial charge in [-0.2, -0.15) is 0 Å². The number of rotatable bonds is 15. The molecule has 0 fully saturated rings. The molecule has 0 amide bonds. The zero-order valence-corrected chi connectivity index (χ0v) is 16.0. The van der Waals surface area contributed by atoms with Gasteiger partial charge in [-0.3, -0.25) is 0 Å². The zero-order chi connectivity index (χ0) is 13.3. The van der Waals surface area contributed by atoms with E-state index in [0.29, 0.717) is 0 Å². The van der Waals surface area contributed by atoms with Crippen molar-refractivity contribution in [3.05, 3.63) is 0 Å². The molecule has 0 rings (SSSR count). The first-order chi connectivity index (χ1) is 8.91. The third kappa shape index (κ3) is 24.2. The molecule has 0 aromatic rings. The summed E-state index contributed by atoms with van der Waals surface area (Å²) in [5.41, 5.74) is 0. The van der Waals surface area contributed by atoms with Gasteiger partial charge in [0.25, 0.3) is 0 Å². The van der Waals surface area contributed by atoms with E-state index in [1.807, 2.05) is 0 Å². The first kappa shape index (κ1) is 26.1. The van der Waals surface area contributed by atoms with Crippen molar-refractivity contribution in [2.45, 2.75) is 89.9 Å². The number of hydrogen-bond donors (Lipinski definition) is 0. The van der Waals surface area contributed by atoms with Crippen LogP contribution in [0.15, 0.2) is 0 Å². The van der Waals surface area contributed by atoms with E-state index in [1.54, 1.807) is 0 Å². The summed E-state index contributed by atoms with van der Waals surface area (Å²) in [4.78, 5) is 0. The normalized spacial score (nSPS) is 9.90. The van der Waals surface area contributed by atoms with E-state index < -0.39 is 0 Å². The van der Waals surface area contributed by atoms with Crippen LogP contribution in [0.5, 0.6) is 0 Å². The molecule has 0 nitrogen and oxygen atoms in total. The lowest BCUT2D eigenvalue weighted by Crippen LogP contribution is -1.84. The van der Waals surface area contributed by atoms with Crippen LogP contribution in [-0.2, 0) is 0 Å². The Morgan fingerprint density at radius 3 is 0.600 bits per heavy atom. The Morgan fingerprint density at radius 1 is 0.300 bits per heavy atom. The van der Waals surface area contributed by atoms with Crippen molar-refractivity contribution < 1.29 is 0 Å². The molecule has 126 valence electrons. The largest absolute Gasteiger partial charge is 0.147 e. The number of alkyl halides is 2. The molecule has 0 N–H and O–H groups in total. The van der Waals surface area contributed by atoms with Crippen LogP contribution in [0, 0.1) is 0 Å². The SMILES string of the molecule is Cl.Cl.ClCCCCCCCCCCCCCCCCCl. The first-order valence-corrected chi connectivity index (χ1v) is 9.10. The van der Waals surface area contributed by atoms with Crippen molar-refractivity contribution in [2.24, 2.45) is 0 Å². The van der Waals surface area contributed by atoms with Gasteiger partial charge in [-0.25, -0.2) is 0 Å². The first-order valence-electron chi connectivity index (χ1n) is 8.03. The summed E-state index contributed by atoms with van der Waals surface area (Å²) in [7, 11) is 0. The second kappa shape index (κ2) is 25.1. The van der Waals surface area contributed by atoms with Gasteiger partial charge in [-0.15, -0.1) is 48.0 Å². The van der Waals surface area contributed by atoms with Crippen LogP contribution in [0.3, 0.4) is 0 Å². The van der Waals surface area contributed by atoms with E-state index in [4.69, 9.17) is 23.2 Å². The van der Waals surface area contributed by atoms with Crippen LogP contribution in [0.4, 0.5) is 0 Å². The quantitative estimate of drug-likeness (QED) is 0.205. The fourth-order valence-electron chi connectivity index (χ4n) is 2.31. The molecule has 0 heterocycles. The van der Waals surface area contributed by atoms with Crippen LogP contribution in [0.25, 0.3) is 0 Å². The Kier molecular flexibility index (Phi) is 32.8. The van der Waals surface area contributed by atoms with Gasteiger partial charge in [0.2, 0.25) is 0 Å². The summed E-state index contributed by atoms with van der Waals surface area (Å²) >= 11 is 11.3. The fourth-order valence-corrected chi connectivity index (χ4v) is 2.69. The molecule has 0 saturated carbocycles. The van der Waals surface area contributed by atoms with E-state index in [-0.39, 0.29) is 24.8 Å². The number of halogens is 4. The van der Waals surface area contributed by atoms with E-state index >= 15 is 0 Å². The van der Waals surface area contributed by atoms with Gasteiger partial charge in [0, 0.05) is 11.8 Å². The molecule has 0 aliphatic rings. The molecular formula is C16H34Cl4. The Hall–Kier alpha value is 1.16. The van der Waals surface area contributed by atoms with Gasteiger partial charge < -0.3 is 0 Å². The minimum atomic E-state index is 0. The highest BCUT2D eigenvalue weighted by Gasteiger charge is 1.93. The third-order valence-electron chi connectivity index (χ3n) is 3.52. The summed E-state index contributed by atoms with van der Waals surface area (Å²) in [6.07, 6.45) is 19.3. The molecule has 0 aliphatic carbocycles. The predicted molar refractivity (Wildman–Crippen MR) is 101 cm³/mol. The maximum atomic E-state index is 5.65. The van der Waals surface area contributed by atoms with E-state index in [0.717, 1.165) is 11.8 Å². The van der Waals surface area contributed by atoms with Gasteiger partial charge in [-0.1, -0.05) is 77.0 Å². The molecule has 0 atom stereocenters. The van der Waals surface area contributed by atoms with Crippen molar-refractivity contribution in [3.8, 4) is 0 Å². The molecule has 4 heteroatoms. The van der Waals surface area contributed by atoms with Crippen molar-refractivity contribution in [2.75, 3.05) is 11.8 Å². The molecule has 0 aliphatic heterocycles. The second-order valence-electron chi connectivity index (χ2n) is 5.33. The minimum absolute atomic E-state index is 0. The molecule has 0 radical (unpaired) electrons. The maximum absolute atomic E-state index is 5.65. The molecule has 0 bridgehead atoms. The summed E-state index contributed by atoms with van der Waals surface area (Å²) in [5.74, 6) is 1.68. The lowest BCUT2D eigenvalue weighted by atomic mass is 10.0. The Balaban J connectivity index is -0.00000144. The summed E-state index contributed by atoms with van der Waals surface area (Å²) in [6.45, 7) is 0. The minimum Gasteiger partial charge on any atom is -0.147 e. The number of hydrogen-bond acceptors (Lipinski definition) is 0. The van der Waals surface area contributed by atoms with Crippen LogP contribution >= 0.6 is 48.0 Å². The molecule has 0 saturated heterocycles. The average molecular weight is 368 g/mol. The monoisotopic (exact) mass is 366 g/mol. The average Bonchev–Trinajstić information content (AvgIpc) is 2.39. The molecule has 0 unspecified atom stereocenters. The van der Waals surface area contributed by atoms with Crippen molar-refractivity contribution in [1.82, 2.24) is 0 Å². The van der Waals surface area contributed by atoms with Crippen molar-refractivity contribution >= 4 is 48.0 Å². The van der Waals surface area contributed by atoms with E-state index in [2.05, 4.69) is 0 Å². The molecule has 0 aromatic carbocycles. The van der Waals surface area contributed by atoms with Crippen LogP contribution in [0.2, 0.25) is 0 Å². The fraction of sp³-hybridized carbons (Fsp3) is 1.00. The summed E-state index contributed by atoms with van der Waals surface area (Å²) in [6, 6.07) is 0. The zero-order valence-electron chi connectivity index (χ0n) is 12.9. The highest BCUT2D eigenvalue weighted by atomic mass is 35.5. The van der Waals surface area contributed by atoms with Gasteiger partial charge in [-0.05, 0) is 12.8 Å². The topological polar surface area (TPSA) is 0 Å². The Morgan fingerprint density at radius 2 is 0.450 bits per heavy atom. The van der Waals surface area contributed by atoms with Crippen LogP contribution in [0.1, 0.15) is 89.9 Å². The highest BCUT2D eigenvalue weighted by molar-refractivity contribution is 6.18. The lowest BCUT2D eigenvalue weighted by molar-refractivity contribution is 0.538. The Bertz CT molecular complexity index is 126. The van der Waals surface area contributed by atoms with Crippen molar-refractivity contribution in [3.63, 3.8) is 0 Å². The second-order valence-corrected chi connectivity index (χ2v) is 6.08. The van der Waals surface area contributed by atoms with E-state index in [9.17, 15) is 0 Å². The smallest absolute Gasteiger partial charge is 0.0223 e. The highest BCUT2D eigenvalue weighted by Crippen LogP contribution is 2.13. The molecular weight excluding hydrogens is 334 g/mol. The van der Waals surface area contributed by atoms with E-state index in [1.165, 1.54) is 89.9 Å². The van der Waals surface area contributed by atoms with Gasteiger partial charge in [0.1, 0.15) is 0 Å².